The molecule has 1 saturated carbocycles. The van der Waals surface area contributed by atoms with Gasteiger partial charge in [-0.15, -0.1) is 0 Å². The van der Waals surface area contributed by atoms with Crippen molar-refractivity contribution < 1.29 is 23.4 Å². The number of carbonyl (C=O) groups is 1. The lowest BCUT2D eigenvalue weighted by Crippen LogP contribution is -2.41. The number of amides is 1. The van der Waals surface area contributed by atoms with Crippen LogP contribution in [0.25, 0.3) is 21.9 Å². The van der Waals surface area contributed by atoms with Gasteiger partial charge in [0.25, 0.3) is 5.56 Å². The highest BCUT2D eigenvalue weighted by molar-refractivity contribution is 5.99. The van der Waals surface area contributed by atoms with Gasteiger partial charge in [-0.3, -0.25) is 9.36 Å². The fourth-order valence-electron chi connectivity index (χ4n) is 4.34. The van der Waals surface area contributed by atoms with Crippen LogP contribution < -0.4 is 10.3 Å². The van der Waals surface area contributed by atoms with Crippen LogP contribution in [-0.4, -0.2) is 55.1 Å². The summed E-state index contributed by atoms with van der Waals surface area (Å²) in [6.45, 7) is 2.13. The SMILES string of the molecule is N#Cc1c(-c2cccc(F)c2)c2cc(OCCOC(=O)N3CCOCC3)ccc2c(=O)n1C1CC1. The second kappa shape index (κ2) is 9.76. The zero-order valence-electron chi connectivity index (χ0n) is 19.0. The Labute approximate surface area is 201 Å². The van der Waals surface area contributed by atoms with E-state index in [4.69, 9.17) is 14.2 Å². The number of carbonyl (C=O) groups excluding carboxylic acids is 1. The molecule has 35 heavy (non-hydrogen) atoms. The van der Waals surface area contributed by atoms with Gasteiger partial charge in [-0.05, 0) is 48.7 Å². The van der Waals surface area contributed by atoms with E-state index >= 15 is 0 Å². The molecular weight excluding hydrogens is 453 g/mol. The summed E-state index contributed by atoms with van der Waals surface area (Å²) in [6.07, 6.45) is 1.24. The number of nitrogens with zero attached hydrogens (tertiary/aromatic N) is 3. The van der Waals surface area contributed by atoms with Gasteiger partial charge in [-0.25, -0.2) is 9.18 Å². The number of ether oxygens (including phenoxy) is 3. The first-order valence-electron chi connectivity index (χ1n) is 11.6. The average Bonchev–Trinajstić information content (AvgIpc) is 3.72. The Morgan fingerprint density at radius 1 is 1.11 bits per heavy atom. The van der Waals surface area contributed by atoms with Crippen molar-refractivity contribution in [2.24, 2.45) is 0 Å². The van der Waals surface area contributed by atoms with Crippen LogP contribution in [0.5, 0.6) is 5.75 Å². The molecule has 3 aromatic rings. The van der Waals surface area contributed by atoms with Gasteiger partial charge in [0.15, 0.2) is 0 Å². The lowest BCUT2D eigenvalue weighted by Gasteiger charge is -2.25. The number of benzene rings is 2. The van der Waals surface area contributed by atoms with Crippen molar-refractivity contribution in [1.29, 1.82) is 5.26 Å². The van der Waals surface area contributed by atoms with Crippen LogP contribution in [0.1, 0.15) is 24.6 Å². The molecule has 2 aromatic carbocycles. The molecule has 0 spiro atoms. The maximum atomic E-state index is 14.1. The third-order valence-corrected chi connectivity index (χ3v) is 6.17. The van der Waals surface area contributed by atoms with Gasteiger partial charge in [0.05, 0.1) is 13.2 Å². The van der Waals surface area contributed by atoms with E-state index in [0.29, 0.717) is 54.0 Å². The Kier molecular flexibility index (Phi) is 6.38. The summed E-state index contributed by atoms with van der Waals surface area (Å²) in [5.74, 6) is 0.0169. The van der Waals surface area contributed by atoms with E-state index in [9.17, 15) is 19.2 Å². The molecule has 0 N–H and O–H groups in total. The Morgan fingerprint density at radius 2 is 1.91 bits per heavy atom. The Hall–Kier alpha value is -3.90. The van der Waals surface area contributed by atoms with Gasteiger partial charge in [0, 0.05) is 35.5 Å². The molecule has 0 radical (unpaired) electrons. The van der Waals surface area contributed by atoms with Crippen molar-refractivity contribution in [3.8, 4) is 22.9 Å². The summed E-state index contributed by atoms with van der Waals surface area (Å²) >= 11 is 0. The van der Waals surface area contributed by atoms with Gasteiger partial charge in [-0.1, -0.05) is 12.1 Å². The summed E-state index contributed by atoms with van der Waals surface area (Å²) in [5.41, 5.74) is 0.979. The van der Waals surface area contributed by atoms with Crippen LogP contribution in [-0.2, 0) is 9.47 Å². The minimum Gasteiger partial charge on any atom is -0.490 e. The first-order valence-corrected chi connectivity index (χ1v) is 11.6. The number of pyridine rings is 1. The molecule has 0 unspecified atom stereocenters. The molecule has 1 aromatic heterocycles. The van der Waals surface area contributed by atoms with Crippen LogP contribution in [0, 0.1) is 17.1 Å². The molecule has 0 atom stereocenters. The molecule has 8 nitrogen and oxygen atoms in total. The number of nitriles is 1. The quantitative estimate of drug-likeness (QED) is 0.501. The van der Waals surface area contributed by atoms with Gasteiger partial charge in [-0.2, -0.15) is 5.26 Å². The molecule has 5 rings (SSSR count). The van der Waals surface area contributed by atoms with Crippen LogP contribution >= 0.6 is 0 Å². The minimum absolute atomic E-state index is 0.0223. The molecule has 180 valence electrons. The fourth-order valence-corrected chi connectivity index (χ4v) is 4.34. The highest BCUT2D eigenvalue weighted by Gasteiger charge is 2.30. The largest absolute Gasteiger partial charge is 0.490 e. The number of aromatic nitrogens is 1. The summed E-state index contributed by atoms with van der Waals surface area (Å²) in [4.78, 5) is 27.0. The smallest absolute Gasteiger partial charge is 0.410 e. The molecule has 9 heteroatoms. The van der Waals surface area contributed by atoms with Crippen LogP contribution in [0.2, 0.25) is 0 Å². The first kappa shape index (κ1) is 22.9. The van der Waals surface area contributed by atoms with E-state index < -0.39 is 11.9 Å². The second-order valence-electron chi connectivity index (χ2n) is 8.52. The lowest BCUT2D eigenvalue weighted by molar-refractivity contribution is 0.0239. The third kappa shape index (κ3) is 4.70. The van der Waals surface area contributed by atoms with E-state index in [1.54, 1.807) is 35.2 Å². The van der Waals surface area contributed by atoms with Gasteiger partial charge in [0.1, 0.15) is 36.5 Å². The number of halogens is 1. The Bertz CT molecular complexity index is 1370. The molecule has 1 aliphatic carbocycles. The van der Waals surface area contributed by atoms with Crippen molar-refractivity contribution in [3.63, 3.8) is 0 Å². The highest BCUT2D eigenvalue weighted by Crippen LogP contribution is 2.39. The van der Waals surface area contributed by atoms with Gasteiger partial charge >= 0.3 is 6.09 Å². The van der Waals surface area contributed by atoms with Crippen LogP contribution in [0.3, 0.4) is 0 Å². The third-order valence-electron chi connectivity index (χ3n) is 6.17. The number of fused-ring (bicyclic) bond motifs is 1. The summed E-state index contributed by atoms with van der Waals surface area (Å²) < 4.78 is 31.9. The normalized spacial score (nSPS) is 15.6. The van der Waals surface area contributed by atoms with Crippen molar-refractivity contribution in [1.82, 2.24) is 9.47 Å². The highest BCUT2D eigenvalue weighted by atomic mass is 19.1. The predicted octanol–water partition coefficient (Wildman–Crippen LogP) is 3.86. The van der Waals surface area contributed by atoms with E-state index in [1.807, 2.05) is 0 Å². The van der Waals surface area contributed by atoms with Crippen molar-refractivity contribution in [2.75, 3.05) is 39.5 Å². The lowest BCUT2D eigenvalue weighted by atomic mass is 9.96. The standard InChI is InChI=1S/C26H24FN3O5/c27-18-3-1-2-17(14-18)24-22-15-20(34-12-13-35-26(32)29-8-10-33-11-9-29)6-7-21(22)25(31)30(19-4-5-19)23(24)16-28/h1-3,6-7,14-15,19H,4-5,8-13H2. The Balaban J connectivity index is 1.44. The summed E-state index contributed by atoms with van der Waals surface area (Å²) in [5, 5.41) is 10.9. The monoisotopic (exact) mass is 477 g/mol. The molecule has 2 heterocycles. The van der Waals surface area contributed by atoms with E-state index in [0.717, 1.165) is 12.8 Å². The molecule has 1 amide bonds. The maximum Gasteiger partial charge on any atom is 0.410 e. The number of hydrogen-bond acceptors (Lipinski definition) is 6. The van der Waals surface area contributed by atoms with Crippen molar-refractivity contribution in [3.05, 3.63) is 64.3 Å². The van der Waals surface area contributed by atoms with Crippen LogP contribution in [0.15, 0.2) is 47.3 Å². The number of morpholine rings is 1. The zero-order chi connectivity index (χ0) is 24.4. The molecule has 1 saturated heterocycles. The van der Waals surface area contributed by atoms with Gasteiger partial charge in [0.2, 0.25) is 0 Å². The zero-order valence-corrected chi connectivity index (χ0v) is 19.0. The van der Waals surface area contributed by atoms with Crippen molar-refractivity contribution >= 4 is 16.9 Å². The van der Waals surface area contributed by atoms with E-state index in [1.165, 1.54) is 16.7 Å². The van der Waals surface area contributed by atoms with Crippen molar-refractivity contribution in [2.45, 2.75) is 18.9 Å². The first-order chi connectivity index (χ1) is 17.1. The fraction of sp³-hybridized carbons (Fsp3) is 0.346. The average molecular weight is 477 g/mol. The maximum absolute atomic E-state index is 14.1. The number of hydrogen-bond donors (Lipinski definition) is 0. The molecular formula is C26H24FN3O5. The summed E-state index contributed by atoms with van der Waals surface area (Å²) in [6, 6.07) is 13.2. The Morgan fingerprint density at radius 3 is 2.63 bits per heavy atom. The van der Waals surface area contributed by atoms with E-state index in [2.05, 4.69) is 6.07 Å². The van der Waals surface area contributed by atoms with Gasteiger partial charge < -0.3 is 19.1 Å². The predicted molar refractivity (Wildman–Crippen MR) is 126 cm³/mol. The molecule has 1 aliphatic heterocycles. The topological polar surface area (TPSA) is 93.8 Å². The number of rotatable bonds is 6. The van der Waals surface area contributed by atoms with Crippen LogP contribution in [0.4, 0.5) is 9.18 Å². The molecule has 2 fully saturated rings. The minimum atomic E-state index is -0.432. The van der Waals surface area contributed by atoms with E-state index in [-0.39, 0.29) is 30.5 Å². The molecule has 2 aliphatic rings. The molecule has 0 bridgehead atoms. The second-order valence-corrected chi connectivity index (χ2v) is 8.52. The summed E-state index contributed by atoms with van der Waals surface area (Å²) in [7, 11) is 0.